The summed E-state index contributed by atoms with van der Waals surface area (Å²) >= 11 is 0. The molecule has 0 fully saturated rings. The van der Waals surface area contributed by atoms with Gasteiger partial charge in [-0.1, -0.05) is 12.1 Å². The largest absolute Gasteiger partial charge is 0.478 e. The minimum Gasteiger partial charge on any atom is -0.478 e. The van der Waals surface area contributed by atoms with Gasteiger partial charge in [-0.2, -0.15) is 0 Å². The minimum atomic E-state index is -1.13. The van der Waals surface area contributed by atoms with Crippen LogP contribution in [0.3, 0.4) is 0 Å². The van der Waals surface area contributed by atoms with Crippen LogP contribution in [0.1, 0.15) is 17.3 Å². The highest BCUT2D eigenvalue weighted by molar-refractivity contribution is 6.01. The Morgan fingerprint density at radius 1 is 1.19 bits per heavy atom. The zero-order valence-electron chi connectivity index (χ0n) is 12.2. The first-order valence-electron chi connectivity index (χ1n) is 6.35. The number of esters is 1. The van der Waals surface area contributed by atoms with E-state index in [1.165, 1.54) is 31.1 Å². The van der Waals surface area contributed by atoms with Crippen molar-refractivity contribution >= 4 is 23.7 Å². The molecular formula is C14H18N2O5. The van der Waals surface area contributed by atoms with Gasteiger partial charge in [0.25, 0.3) is 0 Å². The number of carbonyl (C=O) groups excluding carboxylic acids is 2. The number of nitrogens with zero attached hydrogens (tertiary/aromatic N) is 2. The molecule has 21 heavy (non-hydrogen) atoms. The smallest absolute Gasteiger partial charge is 0.337 e. The second-order valence-electron chi connectivity index (χ2n) is 4.32. The van der Waals surface area contributed by atoms with Gasteiger partial charge in [0.1, 0.15) is 6.54 Å². The van der Waals surface area contributed by atoms with Crippen molar-refractivity contribution in [2.75, 3.05) is 32.1 Å². The summed E-state index contributed by atoms with van der Waals surface area (Å²) in [7, 11) is 2.89. The van der Waals surface area contributed by atoms with E-state index in [4.69, 9.17) is 9.84 Å². The van der Waals surface area contributed by atoms with Crippen LogP contribution in [0, 0.1) is 0 Å². The molecule has 0 aromatic heterocycles. The first kappa shape index (κ1) is 16.5. The Kier molecular flexibility index (Phi) is 5.71. The summed E-state index contributed by atoms with van der Waals surface area (Å²) in [6.45, 7) is 1.71. The highest BCUT2D eigenvalue weighted by Crippen LogP contribution is 2.20. The molecule has 0 saturated heterocycles. The van der Waals surface area contributed by atoms with E-state index in [1.807, 2.05) is 0 Å². The van der Waals surface area contributed by atoms with Crippen molar-refractivity contribution in [1.29, 1.82) is 0 Å². The number of likely N-dealkylation sites (N-methyl/N-ethyl adjacent to an activating group) is 1. The van der Waals surface area contributed by atoms with Crippen LogP contribution < -0.4 is 4.90 Å². The van der Waals surface area contributed by atoms with Crippen LogP contribution in [0.25, 0.3) is 0 Å². The first-order valence-corrected chi connectivity index (χ1v) is 6.35. The summed E-state index contributed by atoms with van der Waals surface area (Å²) in [6.07, 6.45) is 0. The fourth-order valence-corrected chi connectivity index (χ4v) is 1.77. The molecule has 7 nitrogen and oxygen atoms in total. The standard InChI is InChI=1S/C14H18N2O5/c1-4-21-12(17)9-15(2)14(20)16(3)11-8-6-5-7-10(11)13(18)19/h5-8H,4,9H2,1-3H3,(H,18,19). The zero-order valence-corrected chi connectivity index (χ0v) is 12.2. The molecule has 7 heteroatoms. The van der Waals surface area contributed by atoms with E-state index in [-0.39, 0.29) is 24.4 Å². The number of aromatic carboxylic acids is 1. The van der Waals surface area contributed by atoms with Crippen molar-refractivity contribution < 1.29 is 24.2 Å². The summed E-state index contributed by atoms with van der Waals surface area (Å²) in [6, 6.07) is 5.65. The number of carboxylic acids is 1. The average molecular weight is 294 g/mol. The molecule has 1 aromatic rings. The number of amides is 2. The average Bonchev–Trinajstić information content (AvgIpc) is 2.45. The van der Waals surface area contributed by atoms with Crippen molar-refractivity contribution in [3.63, 3.8) is 0 Å². The van der Waals surface area contributed by atoms with Crippen LogP contribution in [-0.2, 0) is 9.53 Å². The highest BCUT2D eigenvalue weighted by atomic mass is 16.5. The van der Waals surface area contributed by atoms with E-state index in [9.17, 15) is 14.4 Å². The maximum atomic E-state index is 12.2. The Morgan fingerprint density at radius 2 is 1.81 bits per heavy atom. The van der Waals surface area contributed by atoms with Crippen LogP contribution in [0.5, 0.6) is 0 Å². The van der Waals surface area contributed by atoms with Crippen LogP contribution in [0.2, 0.25) is 0 Å². The van der Waals surface area contributed by atoms with Gasteiger partial charge in [0.05, 0.1) is 17.9 Å². The van der Waals surface area contributed by atoms with Gasteiger partial charge in [-0.05, 0) is 19.1 Å². The van der Waals surface area contributed by atoms with Crippen LogP contribution >= 0.6 is 0 Å². The fraction of sp³-hybridized carbons (Fsp3) is 0.357. The van der Waals surface area contributed by atoms with Crippen LogP contribution in [-0.4, -0.2) is 55.2 Å². The van der Waals surface area contributed by atoms with Crippen molar-refractivity contribution in [2.45, 2.75) is 6.92 Å². The van der Waals surface area contributed by atoms with Crippen molar-refractivity contribution in [2.24, 2.45) is 0 Å². The SMILES string of the molecule is CCOC(=O)CN(C)C(=O)N(C)c1ccccc1C(=O)O. The van der Waals surface area contributed by atoms with Crippen LogP contribution in [0.15, 0.2) is 24.3 Å². The van der Waals surface area contributed by atoms with Gasteiger partial charge in [-0.25, -0.2) is 9.59 Å². The Labute approximate surface area is 122 Å². The quantitative estimate of drug-likeness (QED) is 0.830. The number of ether oxygens (including phenoxy) is 1. The molecule has 114 valence electrons. The molecule has 1 aromatic carbocycles. The number of carbonyl (C=O) groups is 3. The molecule has 0 aliphatic carbocycles. The summed E-state index contributed by atoms with van der Waals surface area (Å²) < 4.78 is 4.76. The lowest BCUT2D eigenvalue weighted by Crippen LogP contribution is -2.42. The first-order chi connectivity index (χ1) is 9.88. The molecule has 0 spiro atoms. The number of carboxylic acid groups (broad SMARTS) is 1. The van der Waals surface area contributed by atoms with E-state index in [2.05, 4.69) is 0 Å². The number of hydrogen-bond donors (Lipinski definition) is 1. The Balaban J connectivity index is 2.88. The Bertz CT molecular complexity index is 544. The van der Waals surface area contributed by atoms with Crippen LogP contribution in [0.4, 0.5) is 10.5 Å². The normalized spacial score (nSPS) is 9.86. The highest BCUT2D eigenvalue weighted by Gasteiger charge is 2.22. The molecule has 1 N–H and O–H groups in total. The lowest BCUT2D eigenvalue weighted by atomic mass is 10.1. The summed E-state index contributed by atoms with van der Waals surface area (Å²) in [5.74, 6) is -1.65. The number of anilines is 1. The van der Waals surface area contributed by atoms with Crippen molar-refractivity contribution in [3.05, 3.63) is 29.8 Å². The minimum absolute atomic E-state index is 0.0119. The molecule has 1 rings (SSSR count). The summed E-state index contributed by atoms with van der Waals surface area (Å²) in [5.41, 5.74) is 0.267. The number of benzene rings is 1. The molecular weight excluding hydrogens is 276 g/mol. The third-order valence-electron chi connectivity index (χ3n) is 2.78. The molecule has 0 unspecified atom stereocenters. The lowest BCUT2D eigenvalue weighted by Gasteiger charge is -2.25. The molecule has 0 radical (unpaired) electrons. The number of hydrogen-bond acceptors (Lipinski definition) is 4. The molecule has 0 heterocycles. The number of para-hydroxylation sites is 1. The Hall–Kier alpha value is -2.57. The molecule has 0 atom stereocenters. The van der Waals surface area contributed by atoms with E-state index in [0.29, 0.717) is 0 Å². The topological polar surface area (TPSA) is 87.2 Å². The molecule has 0 bridgehead atoms. The molecule has 2 amide bonds. The van der Waals surface area contributed by atoms with Gasteiger partial charge in [0.15, 0.2) is 0 Å². The Morgan fingerprint density at radius 3 is 2.38 bits per heavy atom. The predicted octanol–water partition coefficient (Wildman–Crippen LogP) is 1.44. The van der Waals surface area contributed by atoms with Crippen molar-refractivity contribution in [3.8, 4) is 0 Å². The lowest BCUT2D eigenvalue weighted by molar-refractivity contribution is -0.143. The second kappa shape index (κ2) is 7.28. The molecule has 0 aliphatic rings. The molecule has 0 saturated carbocycles. The van der Waals surface area contributed by atoms with E-state index in [0.717, 1.165) is 4.90 Å². The zero-order chi connectivity index (χ0) is 16.0. The molecule has 0 aliphatic heterocycles. The van der Waals surface area contributed by atoms with E-state index >= 15 is 0 Å². The van der Waals surface area contributed by atoms with Gasteiger partial charge in [-0.15, -0.1) is 0 Å². The fourth-order valence-electron chi connectivity index (χ4n) is 1.77. The van der Waals surface area contributed by atoms with Gasteiger partial charge < -0.3 is 14.7 Å². The third-order valence-corrected chi connectivity index (χ3v) is 2.78. The van der Waals surface area contributed by atoms with Crippen molar-refractivity contribution in [1.82, 2.24) is 4.90 Å². The number of urea groups is 1. The summed E-state index contributed by atoms with van der Waals surface area (Å²) in [5, 5.41) is 9.12. The van der Waals surface area contributed by atoms with Gasteiger partial charge in [0.2, 0.25) is 0 Å². The second-order valence-corrected chi connectivity index (χ2v) is 4.32. The third kappa shape index (κ3) is 4.20. The van der Waals surface area contributed by atoms with Gasteiger partial charge in [-0.3, -0.25) is 9.69 Å². The van der Waals surface area contributed by atoms with E-state index < -0.39 is 18.0 Å². The maximum absolute atomic E-state index is 12.2. The van der Waals surface area contributed by atoms with Gasteiger partial charge in [0, 0.05) is 14.1 Å². The van der Waals surface area contributed by atoms with Gasteiger partial charge >= 0.3 is 18.0 Å². The monoisotopic (exact) mass is 294 g/mol. The predicted molar refractivity (Wildman–Crippen MR) is 76.5 cm³/mol. The number of rotatable bonds is 5. The summed E-state index contributed by atoms with van der Waals surface area (Å²) in [4.78, 5) is 37.1. The van der Waals surface area contributed by atoms with E-state index in [1.54, 1.807) is 19.1 Å². The maximum Gasteiger partial charge on any atom is 0.337 e.